The first-order valence-electron chi connectivity index (χ1n) is 6.61. The van der Waals surface area contributed by atoms with Gasteiger partial charge in [0.2, 0.25) is 0 Å². The highest BCUT2D eigenvalue weighted by Gasteiger charge is 2.10. The summed E-state index contributed by atoms with van der Waals surface area (Å²) in [5.41, 5.74) is 2.15. The van der Waals surface area contributed by atoms with Crippen molar-refractivity contribution < 1.29 is 9.47 Å². The third-order valence-electron chi connectivity index (χ3n) is 2.83. The van der Waals surface area contributed by atoms with E-state index in [1.165, 1.54) is 0 Å². The maximum absolute atomic E-state index is 11.4. The summed E-state index contributed by atoms with van der Waals surface area (Å²) < 4.78 is 11.1. The van der Waals surface area contributed by atoms with Gasteiger partial charge in [-0.1, -0.05) is 0 Å². The van der Waals surface area contributed by atoms with Gasteiger partial charge in [0.25, 0.3) is 0 Å². The van der Waals surface area contributed by atoms with Crippen molar-refractivity contribution >= 4 is 0 Å². The molecule has 0 spiro atoms. The maximum Gasteiger partial charge on any atom is 0.345 e. The van der Waals surface area contributed by atoms with Crippen LogP contribution in [0.2, 0.25) is 0 Å². The van der Waals surface area contributed by atoms with Crippen LogP contribution in [-0.4, -0.2) is 23.2 Å². The lowest BCUT2D eigenvalue weighted by Crippen LogP contribution is -2.11. The third-order valence-corrected chi connectivity index (χ3v) is 2.83. The van der Waals surface area contributed by atoms with Crippen LogP contribution in [-0.2, 0) is 0 Å². The van der Waals surface area contributed by atoms with E-state index < -0.39 is 0 Å². The Kier molecular flexibility index (Phi) is 4.40. The number of hydrogen-bond donors (Lipinski definition) is 1. The van der Waals surface area contributed by atoms with Crippen LogP contribution in [0.1, 0.15) is 19.4 Å². The zero-order chi connectivity index (χ0) is 14.5. The van der Waals surface area contributed by atoms with Gasteiger partial charge in [0.15, 0.2) is 11.5 Å². The number of rotatable bonds is 5. The molecule has 0 unspecified atom stereocenters. The number of aromatic amines is 1. The molecule has 5 heteroatoms. The van der Waals surface area contributed by atoms with Gasteiger partial charge in [0.1, 0.15) is 0 Å². The third kappa shape index (κ3) is 2.99. The minimum Gasteiger partial charge on any atom is -0.490 e. The highest BCUT2D eigenvalue weighted by molar-refractivity contribution is 5.66. The van der Waals surface area contributed by atoms with E-state index >= 15 is 0 Å². The summed E-state index contributed by atoms with van der Waals surface area (Å²) in [5, 5.41) is 0. The number of H-pyrrole nitrogens is 1. The first-order chi connectivity index (χ1) is 9.65. The number of aromatic nitrogens is 2. The number of aryl methyl sites for hydroxylation is 1. The first-order valence-corrected chi connectivity index (χ1v) is 6.61. The Morgan fingerprint density at radius 3 is 2.55 bits per heavy atom. The fourth-order valence-electron chi connectivity index (χ4n) is 1.96. The topological polar surface area (TPSA) is 64.2 Å². The van der Waals surface area contributed by atoms with Crippen LogP contribution in [0.3, 0.4) is 0 Å². The Balaban J connectivity index is 2.49. The molecule has 2 aromatic rings. The van der Waals surface area contributed by atoms with Gasteiger partial charge in [0, 0.05) is 11.8 Å². The monoisotopic (exact) mass is 274 g/mol. The van der Waals surface area contributed by atoms with E-state index in [0.717, 1.165) is 16.8 Å². The highest BCUT2D eigenvalue weighted by atomic mass is 16.5. The van der Waals surface area contributed by atoms with E-state index in [-0.39, 0.29) is 5.69 Å². The van der Waals surface area contributed by atoms with Crippen LogP contribution >= 0.6 is 0 Å². The fourth-order valence-corrected chi connectivity index (χ4v) is 1.96. The molecule has 0 saturated carbocycles. The van der Waals surface area contributed by atoms with E-state index in [2.05, 4.69) is 9.97 Å². The van der Waals surface area contributed by atoms with Gasteiger partial charge < -0.3 is 14.5 Å². The van der Waals surface area contributed by atoms with E-state index in [9.17, 15) is 4.79 Å². The van der Waals surface area contributed by atoms with Crippen LogP contribution in [0, 0.1) is 6.92 Å². The number of benzene rings is 1. The molecule has 1 aromatic carbocycles. The Labute approximate surface area is 117 Å². The van der Waals surface area contributed by atoms with Crippen molar-refractivity contribution in [2.24, 2.45) is 0 Å². The maximum atomic E-state index is 11.4. The van der Waals surface area contributed by atoms with E-state index in [1.54, 1.807) is 6.20 Å². The quantitative estimate of drug-likeness (QED) is 0.910. The van der Waals surface area contributed by atoms with E-state index in [0.29, 0.717) is 24.7 Å². The van der Waals surface area contributed by atoms with Crippen LogP contribution < -0.4 is 15.2 Å². The standard InChI is InChI=1S/C15H18N2O3/c1-4-19-12-7-6-11(8-13(12)20-5-2)14-10(3)9-16-15(18)17-14/h6-9H,4-5H2,1-3H3,(H,16,17,18). The molecule has 2 rings (SSSR count). The summed E-state index contributed by atoms with van der Waals surface area (Å²) in [5.74, 6) is 1.37. The number of ether oxygens (including phenoxy) is 2. The second kappa shape index (κ2) is 6.23. The summed E-state index contributed by atoms with van der Waals surface area (Å²) in [6, 6.07) is 5.61. The lowest BCUT2D eigenvalue weighted by atomic mass is 10.1. The Bertz CT molecular complexity index is 650. The van der Waals surface area contributed by atoms with Gasteiger partial charge in [0.05, 0.1) is 18.9 Å². The van der Waals surface area contributed by atoms with Gasteiger partial charge in [-0.25, -0.2) is 9.78 Å². The van der Waals surface area contributed by atoms with E-state index in [4.69, 9.17) is 9.47 Å². The minimum atomic E-state index is -0.363. The van der Waals surface area contributed by atoms with Crippen molar-refractivity contribution in [3.8, 4) is 22.8 Å². The SMILES string of the molecule is CCOc1ccc(-c2[nH]c(=O)ncc2C)cc1OCC. The highest BCUT2D eigenvalue weighted by Crippen LogP contribution is 2.32. The average molecular weight is 274 g/mol. The normalized spacial score (nSPS) is 10.3. The van der Waals surface area contributed by atoms with Crippen molar-refractivity contribution in [3.63, 3.8) is 0 Å². The molecule has 0 aliphatic heterocycles. The average Bonchev–Trinajstić information content (AvgIpc) is 2.44. The lowest BCUT2D eigenvalue weighted by Gasteiger charge is -2.13. The van der Waals surface area contributed by atoms with Gasteiger partial charge in [-0.15, -0.1) is 0 Å². The summed E-state index contributed by atoms with van der Waals surface area (Å²) >= 11 is 0. The molecule has 1 aromatic heterocycles. The van der Waals surface area contributed by atoms with Crippen molar-refractivity contribution in [1.82, 2.24) is 9.97 Å². The summed E-state index contributed by atoms with van der Waals surface area (Å²) in [7, 11) is 0. The summed E-state index contributed by atoms with van der Waals surface area (Å²) in [6.45, 7) is 6.87. The van der Waals surface area contributed by atoms with Gasteiger partial charge >= 0.3 is 5.69 Å². The molecule has 5 nitrogen and oxygen atoms in total. The predicted molar refractivity (Wildman–Crippen MR) is 77.4 cm³/mol. The van der Waals surface area contributed by atoms with Crippen LogP contribution in [0.15, 0.2) is 29.2 Å². The number of nitrogens with one attached hydrogen (secondary N) is 1. The van der Waals surface area contributed by atoms with Crippen molar-refractivity contribution in [2.75, 3.05) is 13.2 Å². The van der Waals surface area contributed by atoms with Crippen molar-refractivity contribution in [2.45, 2.75) is 20.8 Å². The van der Waals surface area contributed by atoms with E-state index in [1.807, 2.05) is 39.0 Å². The smallest absolute Gasteiger partial charge is 0.345 e. The molecule has 0 atom stereocenters. The number of hydrogen-bond acceptors (Lipinski definition) is 4. The minimum absolute atomic E-state index is 0.363. The molecule has 0 bridgehead atoms. The largest absolute Gasteiger partial charge is 0.490 e. The van der Waals surface area contributed by atoms with Crippen LogP contribution in [0.4, 0.5) is 0 Å². The van der Waals surface area contributed by atoms with Crippen LogP contribution in [0.5, 0.6) is 11.5 Å². The summed E-state index contributed by atoms with van der Waals surface area (Å²) in [4.78, 5) is 17.8. The second-order valence-electron chi connectivity index (χ2n) is 4.27. The zero-order valence-corrected chi connectivity index (χ0v) is 11.9. The lowest BCUT2D eigenvalue weighted by molar-refractivity contribution is 0.288. The number of nitrogens with zero attached hydrogens (tertiary/aromatic N) is 1. The van der Waals surface area contributed by atoms with Gasteiger partial charge in [-0.3, -0.25) is 0 Å². The predicted octanol–water partition coefficient (Wildman–Crippen LogP) is 2.54. The van der Waals surface area contributed by atoms with Crippen molar-refractivity contribution in [3.05, 3.63) is 40.4 Å². The van der Waals surface area contributed by atoms with Gasteiger partial charge in [-0.05, 0) is 44.5 Å². The Morgan fingerprint density at radius 2 is 1.85 bits per heavy atom. The molecule has 20 heavy (non-hydrogen) atoms. The van der Waals surface area contributed by atoms with Gasteiger partial charge in [-0.2, -0.15) is 0 Å². The Morgan fingerprint density at radius 1 is 1.15 bits per heavy atom. The molecule has 0 aliphatic rings. The molecular weight excluding hydrogens is 256 g/mol. The summed E-state index contributed by atoms with van der Waals surface area (Å²) in [6.07, 6.45) is 1.56. The molecule has 0 saturated heterocycles. The molecule has 0 fully saturated rings. The molecule has 1 N–H and O–H groups in total. The second-order valence-corrected chi connectivity index (χ2v) is 4.27. The molecule has 0 amide bonds. The van der Waals surface area contributed by atoms with Crippen molar-refractivity contribution in [1.29, 1.82) is 0 Å². The molecule has 0 radical (unpaired) electrons. The first kappa shape index (κ1) is 14.1. The fraction of sp³-hybridized carbons (Fsp3) is 0.333. The zero-order valence-electron chi connectivity index (χ0n) is 11.9. The molecule has 106 valence electrons. The molecule has 0 aliphatic carbocycles. The molecular formula is C15H18N2O3. The Hall–Kier alpha value is -2.30. The molecule has 1 heterocycles. The van der Waals surface area contributed by atoms with Crippen LogP contribution in [0.25, 0.3) is 11.3 Å².